The lowest BCUT2D eigenvalue weighted by Gasteiger charge is -2.08. The molecule has 1 N–H and O–H groups in total. The molecule has 0 saturated carbocycles. The Labute approximate surface area is 87.2 Å². The second-order valence-electron chi connectivity index (χ2n) is 2.61. The standard InChI is InChI=1S/C9H13NO5/c1-6(9(13)15-3)10-7(11)4-5-8(12)14-2/h4-6H,1-3H3,(H,10,11)/b5-4+/t6-/m0/s1. The quantitative estimate of drug-likeness (QED) is 0.500. The summed E-state index contributed by atoms with van der Waals surface area (Å²) in [5.41, 5.74) is 0. The molecule has 15 heavy (non-hydrogen) atoms. The van der Waals surface area contributed by atoms with Crippen molar-refractivity contribution in [2.24, 2.45) is 0 Å². The van der Waals surface area contributed by atoms with Gasteiger partial charge in [-0.3, -0.25) is 4.79 Å². The zero-order valence-corrected chi connectivity index (χ0v) is 8.77. The van der Waals surface area contributed by atoms with Gasteiger partial charge in [0, 0.05) is 12.2 Å². The Kier molecular flexibility index (Phi) is 5.77. The van der Waals surface area contributed by atoms with Gasteiger partial charge in [-0.05, 0) is 6.92 Å². The highest BCUT2D eigenvalue weighted by Crippen LogP contribution is 1.87. The summed E-state index contributed by atoms with van der Waals surface area (Å²) in [6, 6.07) is -0.759. The van der Waals surface area contributed by atoms with Gasteiger partial charge in [0.1, 0.15) is 6.04 Å². The van der Waals surface area contributed by atoms with Crippen molar-refractivity contribution in [3.8, 4) is 0 Å². The Bertz CT molecular complexity index is 284. The molecule has 0 aromatic carbocycles. The van der Waals surface area contributed by atoms with E-state index in [9.17, 15) is 14.4 Å². The molecule has 1 atom stereocenters. The van der Waals surface area contributed by atoms with Crippen molar-refractivity contribution in [3.05, 3.63) is 12.2 Å². The lowest BCUT2D eigenvalue weighted by Crippen LogP contribution is -2.38. The van der Waals surface area contributed by atoms with E-state index in [-0.39, 0.29) is 0 Å². The minimum atomic E-state index is -0.759. The normalized spacial score (nSPS) is 11.9. The monoisotopic (exact) mass is 215 g/mol. The van der Waals surface area contributed by atoms with Crippen molar-refractivity contribution < 1.29 is 23.9 Å². The predicted octanol–water partition coefficient (Wildman–Crippen LogP) is -0.607. The van der Waals surface area contributed by atoms with Gasteiger partial charge in [0.05, 0.1) is 14.2 Å². The molecule has 1 amide bonds. The molecule has 0 aliphatic carbocycles. The van der Waals surface area contributed by atoms with Crippen molar-refractivity contribution >= 4 is 17.8 Å². The molecular weight excluding hydrogens is 202 g/mol. The van der Waals surface area contributed by atoms with E-state index >= 15 is 0 Å². The van der Waals surface area contributed by atoms with Crippen LogP contribution in [0.2, 0.25) is 0 Å². The first-order valence-corrected chi connectivity index (χ1v) is 4.15. The fourth-order valence-electron chi connectivity index (χ4n) is 0.709. The number of nitrogens with one attached hydrogen (secondary N) is 1. The SMILES string of the molecule is COC(=O)/C=C/C(=O)N[C@@H](C)C(=O)OC. The molecule has 0 bridgehead atoms. The number of hydrogen-bond acceptors (Lipinski definition) is 5. The second kappa shape index (κ2) is 6.58. The van der Waals surface area contributed by atoms with E-state index in [2.05, 4.69) is 14.8 Å². The van der Waals surface area contributed by atoms with Crippen LogP contribution in [-0.2, 0) is 23.9 Å². The molecular formula is C9H13NO5. The highest BCUT2D eigenvalue weighted by Gasteiger charge is 2.13. The van der Waals surface area contributed by atoms with Crippen molar-refractivity contribution in [2.75, 3.05) is 14.2 Å². The van der Waals surface area contributed by atoms with Gasteiger partial charge in [-0.25, -0.2) is 9.59 Å². The van der Waals surface area contributed by atoms with Gasteiger partial charge in [0.25, 0.3) is 0 Å². The molecule has 6 nitrogen and oxygen atoms in total. The molecule has 0 aromatic rings. The molecule has 6 heteroatoms. The number of rotatable bonds is 4. The Morgan fingerprint density at radius 2 is 1.73 bits per heavy atom. The number of amides is 1. The van der Waals surface area contributed by atoms with Gasteiger partial charge in [0.15, 0.2) is 0 Å². The van der Waals surface area contributed by atoms with Gasteiger partial charge in [-0.1, -0.05) is 0 Å². The van der Waals surface area contributed by atoms with Crippen LogP contribution >= 0.6 is 0 Å². The number of carbonyl (C=O) groups is 3. The molecule has 0 aromatic heterocycles. The third-order valence-corrected chi connectivity index (χ3v) is 1.49. The van der Waals surface area contributed by atoms with Crippen molar-refractivity contribution in [1.29, 1.82) is 0 Å². The first kappa shape index (κ1) is 13.2. The van der Waals surface area contributed by atoms with Crippen molar-refractivity contribution in [3.63, 3.8) is 0 Å². The first-order valence-electron chi connectivity index (χ1n) is 4.15. The molecule has 0 rings (SSSR count). The third-order valence-electron chi connectivity index (χ3n) is 1.49. The van der Waals surface area contributed by atoms with Crippen LogP contribution in [0.1, 0.15) is 6.92 Å². The Balaban J connectivity index is 4.09. The number of esters is 2. The summed E-state index contributed by atoms with van der Waals surface area (Å²) in [6.45, 7) is 1.47. The zero-order valence-electron chi connectivity index (χ0n) is 8.77. The van der Waals surface area contributed by atoms with E-state index in [1.165, 1.54) is 21.1 Å². The number of methoxy groups -OCH3 is 2. The maximum absolute atomic E-state index is 11.1. The van der Waals surface area contributed by atoms with Gasteiger partial charge in [-0.2, -0.15) is 0 Å². The Morgan fingerprint density at radius 3 is 2.20 bits per heavy atom. The lowest BCUT2D eigenvalue weighted by molar-refractivity contribution is -0.144. The second-order valence-corrected chi connectivity index (χ2v) is 2.61. The third kappa shape index (κ3) is 5.45. The zero-order chi connectivity index (χ0) is 11.8. The summed E-state index contributed by atoms with van der Waals surface area (Å²) in [5, 5.41) is 2.30. The first-order chi connectivity index (χ1) is 7.01. The molecule has 0 saturated heterocycles. The van der Waals surface area contributed by atoms with Crippen LogP contribution in [0.4, 0.5) is 0 Å². The topological polar surface area (TPSA) is 81.7 Å². The molecule has 0 radical (unpaired) electrons. The number of carbonyl (C=O) groups excluding carboxylic acids is 3. The van der Waals surface area contributed by atoms with Gasteiger partial charge in [-0.15, -0.1) is 0 Å². The Morgan fingerprint density at radius 1 is 1.13 bits per heavy atom. The van der Waals surface area contributed by atoms with E-state index in [4.69, 9.17) is 0 Å². The maximum atomic E-state index is 11.1. The average molecular weight is 215 g/mol. The largest absolute Gasteiger partial charge is 0.467 e. The van der Waals surface area contributed by atoms with Gasteiger partial charge in [0.2, 0.25) is 5.91 Å². The maximum Gasteiger partial charge on any atom is 0.330 e. The summed E-state index contributed by atoms with van der Waals surface area (Å²) >= 11 is 0. The van der Waals surface area contributed by atoms with Crippen LogP contribution < -0.4 is 5.32 Å². The fraction of sp³-hybridized carbons (Fsp3) is 0.444. The molecule has 0 unspecified atom stereocenters. The van der Waals surface area contributed by atoms with E-state index in [1.807, 2.05) is 0 Å². The highest BCUT2D eigenvalue weighted by molar-refractivity contribution is 5.96. The lowest BCUT2D eigenvalue weighted by atomic mass is 10.3. The molecule has 84 valence electrons. The van der Waals surface area contributed by atoms with Crippen LogP contribution in [0.25, 0.3) is 0 Å². The molecule has 0 fully saturated rings. The average Bonchev–Trinajstić information content (AvgIpc) is 2.24. The van der Waals surface area contributed by atoms with E-state index in [1.54, 1.807) is 0 Å². The number of ether oxygens (including phenoxy) is 2. The Hall–Kier alpha value is -1.85. The van der Waals surface area contributed by atoms with Gasteiger partial charge >= 0.3 is 11.9 Å². The van der Waals surface area contributed by atoms with E-state index in [0.29, 0.717) is 0 Å². The minimum Gasteiger partial charge on any atom is -0.467 e. The van der Waals surface area contributed by atoms with Crippen LogP contribution in [0.15, 0.2) is 12.2 Å². The molecule has 0 spiro atoms. The van der Waals surface area contributed by atoms with Crippen LogP contribution in [-0.4, -0.2) is 38.1 Å². The van der Waals surface area contributed by atoms with Crippen LogP contribution in [0.5, 0.6) is 0 Å². The summed E-state index contributed by atoms with van der Waals surface area (Å²) < 4.78 is 8.67. The smallest absolute Gasteiger partial charge is 0.330 e. The number of hydrogen-bond donors (Lipinski definition) is 1. The summed E-state index contributed by atoms with van der Waals surface area (Å²) in [5.74, 6) is -1.77. The fourth-order valence-corrected chi connectivity index (χ4v) is 0.709. The summed E-state index contributed by atoms with van der Waals surface area (Å²) in [4.78, 5) is 32.6. The summed E-state index contributed by atoms with van der Waals surface area (Å²) in [7, 11) is 2.41. The molecule has 0 aliphatic heterocycles. The summed E-state index contributed by atoms with van der Waals surface area (Å²) in [6.07, 6.45) is 1.94. The minimum absolute atomic E-state index is 0.560. The van der Waals surface area contributed by atoms with Gasteiger partial charge < -0.3 is 14.8 Å². The predicted molar refractivity (Wildman–Crippen MR) is 50.8 cm³/mol. The highest BCUT2D eigenvalue weighted by atomic mass is 16.5. The molecule has 0 aliphatic rings. The van der Waals surface area contributed by atoms with E-state index < -0.39 is 23.9 Å². The van der Waals surface area contributed by atoms with Crippen molar-refractivity contribution in [1.82, 2.24) is 5.32 Å². The van der Waals surface area contributed by atoms with Crippen LogP contribution in [0.3, 0.4) is 0 Å². The van der Waals surface area contributed by atoms with Crippen LogP contribution in [0, 0.1) is 0 Å². The van der Waals surface area contributed by atoms with Crippen molar-refractivity contribution in [2.45, 2.75) is 13.0 Å². The van der Waals surface area contributed by atoms with E-state index in [0.717, 1.165) is 12.2 Å². The molecule has 0 heterocycles.